The Hall–Kier alpha value is -2.86. The first-order valence-corrected chi connectivity index (χ1v) is 8.67. The molecule has 2 amide bonds. The lowest BCUT2D eigenvalue weighted by molar-refractivity contribution is -0.136. The molecule has 3 N–H and O–H groups in total. The van der Waals surface area contributed by atoms with Gasteiger partial charge in [-0.3, -0.25) is 9.59 Å². The van der Waals surface area contributed by atoms with Crippen molar-refractivity contribution in [2.75, 3.05) is 23.8 Å². The molecule has 0 saturated carbocycles. The van der Waals surface area contributed by atoms with Crippen molar-refractivity contribution in [3.63, 3.8) is 0 Å². The normalized spacial score (nSPS) is 10.4. The van der Waals surface area contributed by atoms with Crippen molar-refractivity contribution >= 4 is 28.9 Å². The largest absolute Gasteiger partial charge is 0.379 e. The Kier molecular flexibility index (Phi) is 7.64. The molecule has 0 radical (unpaired) electrons. The predicted octanol–water partition coefficient (Wildman–Crippen LogP) is 3.30. The molecule has 0 aliphatic heterocycles. The molecular formula is C20H25N3O3. The standard InChI is InChI=1S/C20H25N3O3/c1-15(2)26-14-6-13-21-19(24)20(25)23-18-11-9-17(10-12-18)22-16-7-4-3-5-8-16/h3-5,7-12,15,22H,6,13-14H2,1-2H3,(H,21,24)(H,23,25). The number of anilines is 3. The van der Waals surface area contributed by atoms with Crippen LogP contribution >= 0.6 is 0 Å². The zero-order chi connectivity index (χ0) is 18.8. The molecule has 2 aromatic rings. The van der Waals surface area contributed by atoms with Gasteiger partial charge in [0.2, 0.25) is 0 Å². The van der Waals surface area contributed by atoms with E-state index in [1.165, 1.54) is 0 Å². The molecule has 2 aromatic carbocycles. The molecule has 0 aromatic heterocycles. The van der Waals surface area contributed by atoms with Gasteiger partial charge in [-0.25, -0.2) is 0 Å². The number of rotatable bonds is 8. The number of para-hydroxylation sites is 1. The first kappa shape index (κ1) is 19.5. The van der Waals surface area contributed by atoms with Crippen LogP contribution in [0.4, 0.5) is 17.1 Å². The Morgan fingerprint density at radius 1 is 0.885 bits per heavy atom. The van der Waals surface area contributed by atoms with Crippen LogP contribution in [-0.2, 0) is 14.3 Å². The fourth-order valence-corrected chi connectivity index (χ4v) is 2.19. The van der Waals surface area contributed by atoms with Gasteiger partial charge >= 0.3 is 11.8 Å². The SMILES string of the molecule is CC(C)OCCCNC(=O)C(=O)Nc1ccc(Nc2ccccc2)cc1. The molecule has 6 nitrogen and oxygen atoms in total. The number of hydrogen-bond acceptors (Lipinski definition) is 4. The summed E-state index contributed by atoms with van der Waals surface area (Å²) in [4.78, 5) is 23.7. The van der Waals surface area contributed by atoms with E-state index in [0.29, 0.717) is 25.3 Å². The summed E-state index contributed by atoms with van der Waals surface area (Å²) in [6.07, 6.45) is 0.824. The van der Waals surface area contributed by atoms with E-state index < -0.39 is 11.8 Å². The predicted molar refractivity (Wildman–Crippen MR) is 104 cm³/mol. The number of amides is 2. The highest BCUT2D eigenvalue weighted by Crippen LogP contribution is 2.18. The minimum atomic E-state index is -0.682. The van der Waals surface area contributed by atoms with Crippen LogP contribution in [0.3, 0.4) is 0 Å². The first-order chi connectivity index (χ1) is 12.5. The third-order valence-electron chi connectivity index (χ3n) is 3.47. The monoisotopic (exact) mass is 355 g/mol. The topological polar surface area (TPSA) is 79.5 Å². The average Bonchev–Trinajstić information content (AvgIpc) is 2.63. The van der Waals surface area contributed by atoms with Crippen LogP contribution in [0, 0.1) is 0 Å². The molecule has 138 valence electrons. The smallest absolute Gasteiger partial charge is 0.313 e. The molecule has 0 aliphatic rings. The van der Waals surface area contributed by atoms with Crippen LogP contribution < -0.4 is 16.0 Å². The molecule has 0 aliphatic carbocycles. The molecule has 0 atom stereocenters. The highest BCUT2D eigenvalue weighted by molar-refractivity contribution is 6.39. The van der Waals surface area contributed by atoms with Crippen molar-refractivity contribution in [2.24, 2.45) is 0 Å². The highest BCUT2D eigenvalue weighted by Gasteiger charge is 2.12. The summed E-state index contributed by atoms with van der Waals surface area (Å²) in [5.41, 5.74) is 2.43. The lowest BCUT2D eigenvalue weighted by Gasteiger charge is -2.09. The van der Waals surface area contributed by atoms with Gasteiger partial charge in [0.15, 0.2) is 0 Å². The van der Waals surface area contributed by atoms with Crippen molar-refractivity contribution in [1.82, 2.24) is 5.32 Å². The van der Waals surface area contributed by atoms with Crippen molar-refractivity contribution in [3.8, 4) is 0 Å². The summed E-state index contributed by atoms with van der Waals surface area (Å²) in [6, 6.07) is 16.9. The minimum Gasteiger partial charge on any atom is -0.379 e. The van der Waals surface area contributed by atoms with Gasteiger partial charge < -0.3 is 20.7 Å². The van der Waals surface area contributed by atoms with Gasteiger partial charge in [0.25, 0.3) is 0 Å². The van der Waals surface area contributed by atoms with Gasteiger partial charge in [-0.2, -0.15) is 0 Å². The first-order valence-electron chi connectivity index (χ1n) is 8.67. The maximum atomic E-state index is 11.9. The van der Waals surface area contributed by atoms with E-state index in [9.17, 15) is 9.59 Å². The molecule has 2 rings (SSSR count). The molecule has 0 heterocycles. The number of hydrogen-bond donors (Lipinski definition) is 3. The van der Waals surface area contributed by atoms with Gasteiger partial charge in [0.05, 0.1) is 6.10 Å². The second-order valence-corrected chi connectivity index (χ2v) is 6.05. The summed E-state index contributed by atoms with van der Waals surface area (Å²) in [7, 11) is 0. The quantitative estimate of drug-likeness (QED) is 0.501. The van der Waals surface area contributed by atoms with Gasteiger partial charge in [-0.05, 0) is 56.7 Å². The second kappa shape index (κ2) is 10.2. The average molecular weight is 355 g/mol. The Balaban J connectivity index is 1.75. The molecule has 0 spiro atoms. The van der Waals surface area contributed by atoms with Crippen LogP contribution in [0.1, 0.15) is 20.3 Å². The number of carbonyl (C=O) groups excluding carboxylic acids is 2. The summed E-state index contributed by atoms with van der Waals surface area (Å²) < 4.78 is 5.38. The number of ether oxygens (including phenoxy) is 1. The number of benzene rings is 2. The molecular weight excluding hydrogens is 330 g/mol. The van der Waals surface area contributed by atoms with Gasteiger partial charge in [-0.15, -0.1) is 0 Å². The van der Waals surface area contributed by atoms with Gasteiger partial charge in [0, 0.05) is 30.2 Å². The molecule has 0 unspecified atom stereocenters. The zero-order valence-electron chi connectivity index (χ0n) is 15.1. The van der Waals surface area contributed by atoms with Gasteiger partial charge in [-0.1, -0.05) is 18.2 Å². The fraction of sp³-hybridized carbons (Fsp3) is 0.300. The summed E-state index contributed by atoms with van der Waals surface area (Å²) in [5.74, 6) is -1.33. The van der Waals surface area contributed by atoms with E-state index in [4.69, 9.17) is 4.74 Å². The van der Waals surface area contributed by atoms with E-state index in [1.807, 2.05) is 56.3 Å². The Bertz CT molecular complexity index is 700. The van der Waals surface area contributed by atoms with Crippen LogP contribution in [-0.4, -0.2) is 31.1 Å². The van der Waals surface area contributed by atoms with Crippen molar-refractivity contribution in [2.45, 2.75) is 26.4 Å². The molecule has 26 heavy (non-hydrogen) atoms. The highest BCUT2D eigenvalue weighted by atomic mass is 16.5. The number of nitrogens with one attached hydrogen (secondary N) is 3. The van der Waals surface area contributed by atoms with Gasteiger partial charge in [0.1, 0.15) is 0 Å². The van der Waals surface area contributed by atoms with Crippen LogP contribution in [0.25, 0.3) is 0 Å². The van der Waals surface area contributed by atoms with Crippen LogP contribution in [0.5, 0.6) is 0 Å². The van der Waals surface area contributed by atoms with Crippen LogP contribution in [0.2, 0.25) is 0 Å². The van der Waals surface area contributed by atoms with Crippen molar-refractivity contribution in [1.29, 1.82) is 0 Å². The Morgan fingerprint density at radius 3 is 2.15 bits per heavy atom. The van der Waals surface area contributed by atoms with E-state index in [0.717, 1.165) is 11.4 Å². The Morgan fingerprint density at radius 2 is 1.50 bits per heavy atom. The van der Waals surface area contributed by atoms with E-state index in [-0.39, 0.29) is 6.10 Å². The van der Waals surface area contributed by atoms with E-state index in [2.05, 4.69) is 16.0 Å². The van der Waals surface area contributed by atoms with E-state index in [1.54, 1.807) is 12.1 Å². The minimum absolute atomic E-state index is 0.161. The lowest BCUT2D eigenvalue weighted by Crippen LogP contribution is -2.36. The zero-order valence-corrected chi connectivity index (χ0v) is 15.1. The second-order valence-electron chi connectivity index (χ2n) is 6.05. The third-order valence-corrected chi connectivity index (χ3v) is 3.47. The lowest BCUT2D eigenvalue weighted by atomic mass is 10.2. The molecule has 0 saturated heterocycles. The van der Waals surface area contributed by atoms with Crippen molar-refractivity contribution in [3.05, 3.63) is 54.6 Å². The van der Waals surface area contributed by atoms with Crippen molar-refractivity contribution < 1.29 is 14.3 Å². The maximum Gasteiger partial charge on any atom is 0.313 e. The third kappa shape index (κ3) is 6.94. The molecule has 6 heteroatoms. The molecule has 0 fully saturated rings. The summed E-state index contributed by atoms with van der Waals surface area (Å²) in [6.45, 7) is 4.85. The summed E-state index contributed by atoms with van der Waals surface area (Å²) in [5, 5.41) is 8.41. The van der Waals surface area contributed by atoms with Crippen LogP contribution in [0.15, 0.2) is 54.6 Å². The molecule has 0 bridgehead atoms. The maximum absolute atomic E-state index is 11.9. The van der Waals surface area contributed by atoms with E-state index >= 15 is 0 Å². The number of carbonyl (C=O) groups is 2. The fourth-order valence-electron chi connectivity index (χ4n) is 2.19. The Labute approximate surface area is 153 Å². The summed E-state index contributed by atoms with van der Waals surface area (Å²) >= 11 is 0.